The standard InChI is InChI=1S/C17H27N/c1-13-7-8-15(11-14(13)2)12-17(18)10-6-5-9-16(17,3)4/h7-8,11H,5-6,9-10,12,18H2,1-4H3. The molecule has 1 aliphatic rings. The summed E-state index contributed by atoms with van der Waals surface area (Å²) in [7, 11) is 0. The van der Waals surface area contributed by atoms with E-state index in [9.17, 15) is 0 Å². The van der Waals surface area contributed by atoms with Crippen LogP contribution in [0, 0.1) is 19.3 Å². The van der Waals surface area contributed by atoms with Gasteiger partial charge in [0.2, 0.25) is 0 Å². The van der Waals surface area contributed by atoms with Crippen LogP contribution in [0.2, 0.25) is 0 Å². The molecular weight excluding hydrogens is 218 g/mol. The predicted octanol–water partition coefficient (Wildman–Crippen LogP) is 4.14. The summed E-state index contributed by atoms with van der Waals surface area (Å²) in [5.74, 6) is 0. The third kappa shape index (κ3) is 2.47. The van der Waals surface area contributed by atoms with Gasteiger partial charge in [-0.3, -0.25) is 0 Å². The lowest BCUT2D eigenvalue weighted by molar-refractivity contribution is 0.0990. The van der Waals surface area contributed by atoms with Crippen LogP contribution in [0.4, 0.5) is 0 Å². The van der Waals surface area contributed by atoms with Gasteiger partial charge in [-0.1, -0.05) is 44.9 Å². The second kappa shape index (κ2) is 4.70. The van der Waals surface area contributed by atoms with Gasteiger partial charge >= 0.3 is 0 Å². The highest BCUT2D eigenvalue weighted by atomic mass is 14.8. The molecule has 1 unspecified atom stereocenters. The van der Waals surface area contributed by atoms with Crippen LogP contribution in [0.1, 0.15) is 56.2 Å². The molecule has 18 heavy (non-hydrogen) atoms. The number of hydrogen-bond acceptors (Lipinski definition) is 1. The van der Waals surface area contributed by atoms with E-state index < -0.39 is 0 Å². The van der Waals surface area contributed by atoms with E-state index in [0.29, 0.717) is 0 Å². The molecule has 2 rings (SSSR count). The highest BCUT2D eigenvalue weighted by molar-refractivity contribution is 5.31. The minimum absolute atomic E-state index is 0.0348. The monoisotopic (exact) mass is 245 g/mol. The molecule has 1 atom stereocenters. The SMILES string of the molecule is Cc1ccc(CC2(N)CCCCC2(C)C)cc1C. The van der Waals surface area contributed by atoms with Gasteiger partial charge in [-0.2, -0.15) is 0 Å². The van der Waals surface area contributed by atoms with Crippen molar-refractivity contribution in [3.8, 4) is 0 Å². The number of benzene rings is 1. The van der Waals surface area contributed by atoms with Gasteiger partial charge in [0.25, 0.3) is 0 Å². The molecule has 1 fully saturated rings. The van der Waals surface area contributed by atoms with Gasteiger partial charge < -0.3 is 5.73 Å². The lowest BCUT2D eigenvalue weighted by Crippen LogP contribution is -2.56. The highest BCUT2D eigenvalue weighted by Crippen LogP contribution is 2.43. The van der Waals surface area contributed by atoms with E-state index in [1.54, 1.807) is 0 Å². The molecule has 1 heteroatoms. The van der Waals surface area contributed by atoms with Crippen molar-refractivity contribution in [3.05, 3.63) is 34.9 Å². The Morgan fingerprint density at radius 2 is 1.72 bits per heavy atom. The molecule has 100 valence electrons. The number of aryl methyl sites for hydroxylation is 2. The van der Waals surface area contributed by atoms with Crippen molar-refractivity contribution in [1.82, 2.24) is 0 Å². The van der Waals surface area contributed by atoms with E-state index in [4.69, 9.17) is 5.73 Å². The Morgan fingerprint density at radius 3 is 2.33 bits per heavy atom. The first-order valence-corrected chi connectivity index (χ1v) is 7.19. The molecule has 0 saturated heterocycles. The maximum absolute atomic E-state index is 6.76. The van der Waals surface area contributed by atoms with E-state index in [1.807, 2.05) is 0 Å². The average molecular weight is 245 g/mol. The van der Waals surface area contributed by atoms with E-state index in [1.165, 1.54) is 36.0 Å². The summed E-state index contributed by atoms with van der Waals surface area (Å²) in [6.07, 6.45) is 6.05. The maximum atomic E-state index is 6.76. The Balaban J connectivity index is 2.23. The molecule has 2 N–H and O–H groups in total. The van der Waals surface area contributed by atoms with Gasteiger partial charge in [0.1, 0.15) is 0 Å². The molecule has 1 aromatic rings. The van der Waals surface area contributed by atoms with Crippen LogP contribution in [0.3, 0.4) is 0 Å². The van der Waals surface area contributed by atoms with Crippen LogP contribution in [0.5, 0.6) is 0 Å². The summed E-state index contributed by atoms with van der Waals surface area (Å²) in [6.45, 7) is 9.04. The average Bonchev–Trinajstić information content (AvgIpc) is 2.28. The van der Waals surface area contributed by atoms with Crippen LogP contribution in [0.15, 0.2) is 18.2 Å². The Bertz CT molecular complexity index is 433. The third-order valence-corrected chi connectivity index (χ3v) is 5.11. The second-order valence-electron chi connectivity index (χ2n) is 6.84. The fraction of sp³-hybridized carbons (Fsp3) is 0.647. The summed E-state index contributed by atoms with van der Waals surface area (Å²) >= 11 is 0. The third-order valence-electron chi connectivity index (χ3n) is 5.11. The van der Waals surface area contributed by atoms with Crippen molar-refractivity contribution in [3.63, 3.8) is 0 Å². The predicted molar refractivity (Wildman–Crippen MR) is 78.8 cm³/mol. The Morgan fingerprint density at radius 1 is 1.06 bits per heavy atom. The molecule has 0 radical (unpaired) electrons. The van der Waals surface area contributed by atoms with Crippen LogP contribution < -0.4 is 5.73 Å². The van der Waals surface area contributed by atoms with Gasteiger partial charge in [-0.25, -0.2) is 0 Å². The van der Waals surface area contributed by atoms with Gasteiger partial charge in [0.05, 0.1) is 0 Å². The van der Waals surface area contributed by atoms with Gasteiger partial charge in [0, 0.05) is 5.54 Å². The molecule has 0 bridgehead atoms. The number of nitrogens with two attached hydrogens (primary N) is 1. The summed E-state index contributed by atoms with van der Waals surface area (Å²) in [5.41, 5.74) is 11.1. The quantitative estimate of drug-likeness (QED) is 0.832. The fourth-order valence-electron chi connectivity index (χ4n) is 3.20. The molecule has 0 aromatic heterocycles. The van der Waals surface area contributed by atoms with Crippen LogP contribution in [-0.4, -0.2) is 5.54 Å². The molecule has 0 amide bonds. The minimum Gasteiger partial charge on any atom is -0.324 e. The largest absolute Gasteiger partial charge is 0.324 e. The summed E-state index contributed by atoms with van der Waals surface area (Å²) < 4.78 is 0. The van der Waals surface area contributed by atoms with Crippen molar-refractivity contribution in [2.45, 2.75) is 65.3 Å². The fourth-order valence-corrected chi connectivity index (χ4v) is 3.20. The van der Waals surface area contributed by atoms with E-state index >= 15 is 0 Å². The van der Waals surface area contributed by atoms with Crippen LogP contribution in [-0.2, 0) is 6.42 Å². The van der Waals surface area contributed by atoms with Crippen molar-refractivity contribution in [2.24, 2.45) is 11.1 Å². The molecule has 0 aliphatic heterocycles. The zero-order chi connectivity index (χ0) is 13.4. The van der Waals surface area contributed by atoms with Crippen molar-refractivity contribution < 1.29 is 0 Å². The molecule has 1 aliphatic carbocycles. The second-order valence-corrected chi connectivity index (χ2v) is 6.84. The van der Waals surface area contributed by atoms with Crippen LogP contribution in [0.25, 0.3) is 0 Å². The van der Waals surface area contributed by atoms with Crippen LogP contribution >= 0.6 is 0 Å². The molecule has 0 spiro atoms. The Hall–Kier alpha value is -0.820. The Kier molecular flexibility index (Phi) is 3.55. The zero-order valence-corrected chi connectivity index (χ0v) is 12.3. The first kappa shape index (κ1) is 13.6. The lowest BCUT2D eigenvalue weighted by Gasteiger charge is -2.48. The van der Waals surface area contributed by atoms with E-state index in [0.717, 1.165) is 12.8 Å². The summed E-state index contributed by atoms with van der Waals surface area (Å²) in [4.78, 5) is 0. The van der Waals surface area contributed by atoms with Crippen molar-refractivity contribution in [2.75, 3.05) is 0 Å². The smallest absolute Gasteiger partial charge is 0.0246 e. The summed E-state index contributed by atoms with van der Waals surface area (Å²) in [5, 5.41) is 0. The van der Waals surface area contributed by atoms with E-state index in [2.05, 4.69) is 45.9 Å². The molecule has 1 saturated carbocycles. The summed E-state index contributed by atoms with van der Waals surface area (Å²) in [6, 6.07) is 6.79. The number of hydrogen-bond donors (Lipinski definition) is 1. The lowest BCUT2D eigenvalue weighted by atomic mass is 9.61. The normalized spacial score (nSPS) is 27.2. The topological polar surface area (TPSA) is 26.0 Å². The molecule has 1 aromatic carbocycles. The molecule has 1 nitrogen and oxygen atoms in total. The maximum Gasteiger partial charge on any atom is 0.0246 e. The minimum atomic E-state index is -0.0348. The Labute approximate surface area is 112 Å². The first-order chi connectivity index (χ1) is 8.34. The number of rotatable bonds is 2. The van der Waals surface area contributed by atoms with Gasteiger partial charge in [0.15, 0.2) is 0 Å². The molecule has 0 heterocycles. The van der Waals surface area contributed by atoms with Crippen molar-refractivity contribution >= 4 is 0 Å². The first-order valence-electron chi connectivity index (χ1n) is 7.19. The highest BCUT2D eigenvalue weighted by Gasteiger charge is 2.43. The zero-order valence-electron chi connectivity index (χ0n) is 12.3. The molecular formula is C17H27N. The van der Waals surface area contributed by atoms with Gasteiger partial charge in [-0.05, 0) is 55.2 Å². The van der Waals surface area contributed by atoms with Gasteiger partial charge in [-0.15, -0.1) is 0 Å². The van der Waals surface area contributed by atoms with Crippen molar-refractivity contribution in [1.29, 1.82) is 0 Å². The van der Waals surface area contributed by atoms with E-state index in [-0.39, 0.29) is 11.0 Å².